The molecule has 172 valence electrons. The molecule has 2 aromatic carbocycles. The van der Waals surface area contributed by atoms with Crippen LogP contribution in [0.15, 0.2) is 65.3 Å². The van der Waals surface area contributed by atoms with E-state index in [1.807, 2.05) is 30.3 Å². The van der Waals surface area contributed by atoms with Crippen molar-refractivity contribution in [2.75, 3.05) is 6.54 Å². The van der Waals surface area contributed by atoms with Gasteiger partial charge in [0.15, 0.2) is 5.69 Å². The lowest BCUT2D eigenvalue weighted by Gasteiger charge is -2.25. The summed E-state index contributed by atoms with van der Waals surface area (Å²) in [5, 5.41) is 3.72. The SMILES string of the molecule is O=C(NCCCCc1ccc(Cl)cc1)c1coc([C@H]2[C@@H](Cc3ccccc3)[C@@H]3CC[C@H]2O3)n1. The predicted octanol–water partition coefficient (Wildman–Crippen LogP) is 5.58. The van der Waals surface area contributed by atoms with E-state index in [0.717, 1.165) is 43.5 Å². The van der Waals surface area contributed by atoms with E-state index in [4.69, 9.17) is 20.8 Å². The number of unbranched alkanes of at least 4 members (excludes halogenated alkanes) is 1. The van der Waals surface area contributed by atoms with Crippen molar-refractivity contribution in [1.82, 2.24) is 10.3 Å². The van der Waals surface area contributed by atoms with E-state index in [0.29, 0.717) is 24.0 Å². The highest BCUT2D eigenvalue weighted by Gasteiger charge is 2.51. The molecule has 33 heavy (non-hydrogen) atoms. The third-order valence-electron chi connectivity index (χ3n) is 6.87. The molecule has 1 aromatic heterocycles. The lowest BCUT2D eigenvalue weighted by Crippen LogP contribution is -2.28. The van der Waals surface area contributed by atoms with Gasteiger partial charge < -0.3 is 14.5 Å². The fourth-order valence-electron chi connectivity index (χ4n) is 5.20. The number of amides is 1. The second-order valence-electron chi connectivity index (χ2n) is 9.08. The fourth-order valence-corrected chi connectivity index (χ4v) is 5.33. The summed E-state index contributed by atoms with van der Waals surface area (Å²) in [7, 11) is 0. The summed E-state index contributed by atoms with van der Waals surface area (Å²) in [5.74, 6) is 0.884. The van der Waals surface area contributed by atoms with Crippen LogP contribution < -0.4 is 5.32 Å². The molecule has 2 aliphatic heterocycles. The van der Waals surface area contributed by atoms with Crippen molar-refractivity contribution in [1.29, 1.82) is 0 Å². The van der Waals surface area contributed by atoms with Gasteiger partial charge in [-0.1, -0.05) is 54.1 Å². The van der Waals surface area contributed by atoms with Crippen molar-refractivity contribution < 1.29 is 13.9 Å². The predicted molar refractivity (Wildman–Crippen MR) is 127 cm³/mol. The number of carbonyl (C=O) groups is 1. The van der Waals surface area contributed by atoms with Crippen LogP contribution in [0.1, 0.15) is 59.1 Å². The van der Waals surface area contributed by atoms with E-state index in [1.165, 1.54) is 17.4 Å². The van der Waals surface area contributed by atoms with Crippen LogP contribution >= 0.6 is 11.6 Å². The van der Waals surface area contributed by atoms with Gasteiger partial charge in [0, 0.05) is 17.5 Å². The molecule has 0 radical (unpaired) electrons. The van der Waals surface area contributed by atoms with Gasteiger partial charge >= 0.3 is 0 Å². The average molecular weight is 465 g/mol. The minimum absolute atomic E-state index is 0.102. The molecule has 0 aliphatic carbocycles. The topological polar surface area (TPSA) is 64.4 Å². The van der Waals surface area contributed by atoms with Crippen LogP contribution in [0.25, 0.3) is 0 Å². The molecule has 0 unspecified atom stereocenters. The number of aryl methyl sites for hydroxylation is 1. The standard InChI is InChI=1S/C27H29ClN2O3/c28-20-11-9-18(10-12-20)6-4-5-15-29-26(31)22-17-32-27(30-22)25-21(23-13-14-24(25)33-23)16-19-7-2-1-3-8-19/h1-3,7-12,17,21,23-25H,4-6,13-16H2,(H,29,31)/t21-,23-,24+,25-/m0/s1. The van der Waals surface area contributed by atoms with Crippen molar-refractivity contribution in [3.8, 4) is 0 Å². The Balaban J connectivity index is 1.14. The Morgan fingerprint density at radius 2 is 1.79 bits per heavy atom. The van der Waals surface area contributed by atoms with Crippen molar-refractivity contribution in [3.05, 3.63) is 88.6 Å². The lowest BCUT2D eigenvalue weighted by molar-refractivity contribution is 0.0898. The molecule has 2 saturated heterocycles. The van der Waals surface area contributed by atoms with E-state index in [2.05, 4.69) is 34.6 Å². The number of ether oxygens (including phenoxy) is 1. The second-order valence-corrected chi connectivity index (χ2v) is 9.52. The zero-order valence-electron chi connectivity index (χ0n) is 18.6. The summed E-state index contributed by atoms with van der Waals surface area (Å²) in [6.45, 7) is 0.614. The number of benzene rings is 2. The number of nitrogens with zero attached hydrogens (tertiary/aromatic N) is 1. The Bertz CT molecular complexity index is 1070. The normalized spacial score (nSPS) is 23.7. The third-order valence-corrected chi connectivity index (χ3v) is 7.12. The van der Waals surface area contributed by atoms with Crippen LogP contribution in [-0.4, -0.2) is 29.6 Å². The van der Waals surface area contributed by atoms with E-state index in [1.54, 1.807) is 0 Å². The number of nitrogens with one attached hydrogen (secondary N) is 1. The molecule has 0 spiro atoms. The Labute approximate surface area is 199 Å². The highest BCUT2D eigenvalue weighted by molar-refractivity contribution is 6.30. The number of rotatable bonds is 9. The van der Waals surface area contributed by atoms with E-state index < -0.39 is 0 Å². The lowest BCUT2D eigenvalue weighted by atomic mass is 9.76. The van der Waals surface area contributed by atoms with E-state index in [9.17, 15) is 4.79 Å². The molecule has 4 atom stereocenters. The maximum atomic E-state index is 12.6. The van der Waals surface area contributed by atoms with E-state index in [-0.39, 0.29) is 24.0 Å². The molecule has 2 aliphatic rings. The summed E-state index contributed by atoms with van der Waals surface area (Å²) in [6, 6.07) is 18.4. The van der Waals surface area contributed by atoms with Gasteiger partial charge in [0.1, 0.15) is 6.26 Å². The molecular weight excluding hydrogens is 436 g/mol. The summed E-state index contributed by atoms with van der Waals surface area (Å²) in [6.07, 6.45) is 7.77. The van der Waals surface area contributed by atoms with Crippen LogP contribution in [0.5, 0.6) is 0 Å². The molecule has 2 fully saturated rings. The van der Waals surface area contributed by atoms with Gasteiger partial charge in [0.25, 0.3) is 5.91 Å². The Morgan fingerprint density at radius 1 is 1.00 bits per heavy atom. The largest absolute Gasteiger partial charge is 0.448 e. The smallest absolute Gasteiger partial charge is 0.273 e. The summed E-state index contributed by atoms with van der Waals surface area (Å²) in [5.41, 5.74) is 2.90. The highest BCUT2D eigenvalue weighted by atomic mass is 35.5. The highest BCUT2D eigenvalue weighted by Crippen LogP contribution is 2.49. The first-order valence-electron chi connectivity index (χ1n) is 11.8. The Morgan fingerprint density at radius 3 is 2.61 bits per heavy atom. The summed E-state index contributed by atoms with van der Waals surface area (Å²) < 4.78 is 12.0. The van der Waals surface area contributed by atoms with Gasteiger partial charge in [0.2, 0.25) is 5.89 Å². The summed E-state index contributed by atoms with van der Waals surface area (Å²) in [4.78, 5) is 17.2. The van der Waals surface area contributed by atoms with E-state index >= 15 is 0 Å². The van der Waals surface area contributed by atoms with Crippen LogP contribution in [0.4, 0.5) is 0 Å². The maximum absolute atomic E-state index is 12.6. The van der Waals surface area contributed by atoms with Crippen molar-refractivity contribution in [3.63, 3.8) is 0 Å². The van der Waals surface area contributed by atoms with Gasteiger partial charge in [-0.3, -0.25) is 4.79 Å². The number of fused-ring (bicyclic) bond motifs is 2. The fraction of sp³-hybridized carbons (Fsp3) is 0.407. The minimum atomic E-state index is -0.180. The number of hydrogen-bond acceptors (Lipinski definition) is 4. The van der Waals surface area contributed by atoms with Crippen LogP contribution in [0, 0.1) is 5.92 Å². The first-order chi connectivity index (χ1) is 16.2. The second kappa shape index (κ2) is 10.1. The molecule has 1 amide bonds. The molecule has 5 rings (SSSR count). The molecule has 1 N–H and O–H groups in total. The zero-order valence-corrected chi connectivity index (χ0v) is 19.3. The molecule has 6 heteroatoms. The Kier molecular flexibility index (Phi) is 6.79. The van der Waals surface area contributed by atoms with Crippen LogP contribution in [0.3, 0.4) is 0 Å². The quantitative estimate of drug-likeness (QED) is 0.419. The summed E-state index contributed by atoms with van der Waals surface area (Å²) >= 11 is 5.93. The molecule has 3 heterocycles. The number of halogens is 1. The Hall–Kier alpha value is -2.63. The van der Waals surface area contributed by atoms with Crippen molar-refractivity contribution in [2.45, 2.75) is 56.7 Å². The monoisotopic (exact) mass is 464 g/mol. The van der Waals surface area contributed by atoms with Crippen LogP contribution in [-0.2, 0) is 17.6 Å². The number of carbonyl (C=O) groups excluding carboxylic acids is 1. The number of aromatic nitrogens is 1. The van der Waals surface area contributed by atoms with Gasteiger partial charge in [-0.25, -0.2) is 4.98 Å². The zero-order chi connectivity index (χ0) is 22.6. The third kappa shape index (κ3) is 5.15. The van der Waals surface area contributed by atoms with Crippen molar-refractivity contribution >= 4 is 17.5 Å². The van der Waals surface area contributed by atoms with Crippen LogP contribution in [0.2, 0.25) is 5.02 Å². The molecule has 0 saturated carbocycles. The molecule has 5 nitrogen and oxygen atoms in total. The van der Waals surface area contributed by atoms with Crippen molar-refractivity contribution in [2.24, 2.45) is 5.92 Å². The number of hydrogen-bond donors (Lipinski definition) is 1. The average Bonchev–Trinajstić information content (AvgIpc) is 3.57. The number of oxazole rings is 1. The first-order valence-corrected chi connectivity index (χ1v) is 12.2. The van der Waals surface area contributed by atoms with Gasteiger partial charge in [-0.05, 0) is 61.8 Å². The van der Waals surface area contributed by atoms with Gasteiger partial charge in [0.05, 0.1) is 18.1 Å². The molecular formula is C27H29ClN2O3. The van der Waals surface area contributed by atoms with Gasteiger partial charge in [-0.15, -0.1) is 0 Å². The van der Waals surface area contributed by atoms with Gasteiger partial charge in [-0.2, -0.15) is 0 Å². The minimum Gasteiger partial charge on any atom is -0.448 e. The molecule has 3 aromatic rings. The molecule has 2 bridgehead atoms. The first kappa shape index (κ1) is 22.2. The maximum Gasteiger partial charge on any atom is 0.273 e.